The fourth-order valence-electron chi connectivity index (χ4n) is 3.14. The number of hydrogen-bond acceptors (Lipinski definition) is 5. The first kappa shape index (κ1) is 22.4. The van der Waals surface area contributed by atoms with Gasteiger partial charge in [-0.3, -0.25) is 0 Å². The largest absolute Gasteiger partial charge is 0.454 e. The van der Waals surface area contributed by atoms with Gasteiger partial charge in [-0.25, -0.2) is 9.79 Å². The van der Waals surface area contributed by atoms with E-state index in [1.165, 1.54) is 0 Å². The Bertz CT molecular complexity index is 678. The van der Waals surface area contributed by atoms with Crippen LogP contribution in [0.2, 0.25) is 0 Å². The Balaban J connectivity index is 0.00000280. The Morgan fingerprint density at radius 2 is 2.00 bits per heavy atom. The molecule has 3 rings (SSSR count). The zero-order valence-electron chi connectivity index (χ0n) is 16.4. The third-order valence-electron chi connectivity index (χ3n) is 4.56. The van der Waals surface area contributed by atoms with Gasteiger partial charge in [0, 0.05) is 25.7 Å². The number of likely N-dealkylation sites (tertiary alicyclic amines) is 1. The van der Waals surface area contributed by atoms with Gasteiger partial charge in [0.05, 0.1) is 13.2 Å². The van der Waals surface area contributed by atoms with Gasteiger partial charge in [-0.2, -0.15) is 0 Å². The van der Waals surface area contributed by atoms with E-state index in [1.54, 1.807) is 4.90 Å². The van der Waals surface area contributed by atoms with Crippen LogP contribution in [0.4, 0.5) is 4.79 Å². The van der Waals surface area contributed by atoms with Crippen LogP contribution in [0.25, 0.3) is 0 Å². The number of guanidine groups is 1. The highest BCUT2D eigenvalue weighted by molar-refractivity contribution is 14.0. The number of rotatable bonds is 5. The predicted molar refractivity (Wildman–Crippen MR) is 118 cm³/mol. The summed E-state index contributed by atoms with van der Waals surface area (Å²) in [6, 6.07) is 6.16. The van der Waals surface area contributed by atoms with Crippen molar-refractivity contribution >= 4 is 36.0 Å². The second kappa shape index (κ2) is 11.2. The van der Waals surface area contributed by atoms with E-state index in [9.17, 15) is 4.79 Å². The Morgan fingerprint density at radius 3 is 2.71 bits per heavy atom. The van der Waals surface area contributed by atoms with Gasteiger partial charge in [0.15, 0.2) is 17.5 Å². The van der Waals surface area contributed by atoms with Gasteiger partial charge in [0.1, 0.15) is 0 Å². The molecule has 1 aromatic carbocycles. The van der Waals surface area contributed by atoms with Gasteiger partial charge >= 0.3 is 6.09 Å². The molecule has 1 aromatic rings. The van der Waals surface area contributed by atoms with Crippen LogP contribution in [0.3, 0.4) is 0 Å². The minimum absolute atomic E-state index is 0. The maximum atomic E-state index is 11.8. The molecule has 2 aliphatic heterocycles. The number of halogens is 1. The molecule has 0 saturated carbocycles. The van der Waals surface area contributed by atoms with E-state index in [4.69, 9.17) is 14.2 Å². The summed E-state index contributed by atoms with van der Waals surface area (Å²) in [5.74, 6) is 2.33. The number of ether oxygens (including phenoxy) is 3. The lowest BCUT2D eigenvalue weighted by molar-refractivity contribution is 0.0963. The molecule has 0 aromatic heterocycles. The van der Waals surface area contributed by atoms with Gasteiger partial charge < -0.3 is 29.7 Å². The first-order valence-electron chi connectivity index (χ1n) is 9.54. The normalized spacial score (nSPS) is 16.4. The van der Waals surface area contributed by atoms with Crippen molar-refractivity contribution in [1.82, 2.24) is 15.5 Å². The fourth-order valence-corrected chi connectivity index (χ4v) is 3.14. The van der Waals surface area contributed by atoms with Crippen molar-refractivity contribution in [2.75, 3.05) is 33.0 Å². The van der Waals surface area contributed by atoms with E-state index in [2.05, 4.69) is 15.6 Å². The van der Waals surface area contributed by atoms with Crippen LogP contribution in [0, 0.1) is 0 Å². The third-order valence-corrected chi connectivity index (χ3v) is 4.56. The van der Waals surface area contributed by atoms with Crippen LogP contribution in [0.1, 0.15) is 32.3 Å². The molecule has 9 heteroatoms. The Kier molecular flexibility index (Phi) is 8.94. The Labute approximate surface area is 183 Å². The molecule has 1 saturated heterocycles. The number of nitrogens with one attached hydrogen (secondary N) is 2. The first-order valence-corrected chi connectivity index (χ1v) is 9.54. The van der Waals surface area contributed by atoms with Crippen LogP contribution in [0.15, 0.2) is 23.2 Å². The number of benzene rings is 1. The third kappa shape index (κ3) is 6.05. The monoisotopic (exact) mass is 504 g/mol. The summed E-state index contributed by atoms with van der Waals surface area (Å²) in [4.78, 5) is 18.2. The molecule has 2 heterocycles. The van der Waals surface area contributed by atoms with E-state index < -0.39 is 0 Å². The summed E-state index contributed by atoms with van der Waals surface area (Å²) >= 11 is 0. The number of amides is 1. The van der Waals surface area contributed by atoms with Crippen molar-refractivity contribution in [2.45, 2.75) is 39.3 Å². The van der Waals surface area contributed by atoms with Crippen molar-refractivity contribution in [3.8, 4) is 11.5 Å². The maximum absolute atomic E-state index is 11.8. The Morgan fingerprint density at radius 1 is 1.25 bits per heavy atom. The highest BCUT2D eigenvalue weighted by atomic mass is 127. The second-order valence-electron chi connectivity index (χ2n) is 6.49. The van der Waals surface area contributed by atoms with E-state index in [0.717, 1.165) is 42.4 Å². The molecule has 1 fully saturated rings. The lowest BCUT2D eigenvalue weighted by atomic mass is 10.1. The van der Waals surface area contributed by atoms with Crippen molar-refractivity contribution in [2.24, 2.45) is 4.99 Å². The first-order chi connectivity index (χ1) is 13.2. The fraction of sp³-hybridized carbons (Fsp3) is 0.579. The van der Waals surface area contributed by atoms with Gasteiger partial charge in [-0.05, 0) is 44.4 Å². The minimum Gasteiger partial charge on any atom is -0.454 e. The molecule has 156 valence electrons. The van der Waals surface area contributed by atoms with Gasteiger partial charge in [0.2, 0.25) is 6.79 Å². The topological polar surface area (TPSA) is 84.4 Å². The number of piperidine rings is 1. The quantitative estimate of drug-likeness (QED) is 0.365. The molecule has 0 aliphatic carbocycles. The molecule has 2 N–H and O–H groups in total. The maximum Gasteiger partial charge on any atom is 0.409 e. The van der Waals surface area contributed by atoms with E-state index in [1.807, 2.05) is 32.0 Å². The summed E-state index contributed by atoms with van der Waals surface area (Å²) < 4.78 is 15.8. The van der Waals surface area contributed by atoms with Gasteiger partial charge in [0.25, 0.3) is 0 Å². The lowest BCUT2D eigenvalue weighted by Gasteiger charge is -2.32. The standard InChI is InChI=1S/C19H28N4O4.HI/c1-3-20-18(21-12-14-5-6-16-17(11-14)27-13-26-16)22-15-7-9-23(10-8-15)19(24)25-4-2;/h5-6,11,15H,3-4,7-10,12-13H2,1-2H3,(H2,20,21,22);1H. The summed E-state index contributed by atoms with van der Waals surface area (Å²) in [6.45, 7) is 7.27. The summed E-state index contributed by atoms with van der Waals surface area (Å²) in [5, 5.41) is 6.76. The molecule has 28 heavy (non-hydrogen) atoms. The summed E-state index contributed by atoms with van der Waals surface area (Å²) in [6.07, 6.45) is 1.51. The minimum atomic E-state index is -0.223. The van der Waals surface area contributed by atoms with Gasteiger partial charge in [-0.1, -0.05) is 6.07 Å². The molecular weight excluding hydrogens is 475 g/mol. The van der Waals surface area contributed by atoms with E-state index in [0.29, 0.717) is 26.2 Å². The van der Waals surface area contributed by atoms with Gasteiger partial charge in [-0.15, -0.1) is 24.0 Å². The smallest absolute Gasteiger partial charge is 0.409 e. The molecule has 0 radical (unpaired) electrons. The Hall–Kier alpha value is -1.91. The molecule has 0 spiro atoms. The zero-order chi connectivity index (χ0) is 19.1. The van der Waals surface area contributed by atoms with E-state index in [-0.39, 0.29) is 42.9 Å². The highest BCUT2D eigenvalue weighted by Crippen LogP contribution is 2.32. The molecule has 0 bridgehead atoms. The molecule has 0 unspecified atom stereocenters. The second-order valence-corrected chi connectivity index (χ2v) is 6.49. The summed E-state index contributed by atoms with van der Waals surface area (Å²) in [5.41, 5.74) is 1.06. The SMILES string of the molecule is CCNC(=NCc1ccc2c(c1)OCO2)NC1CCN(C(=O)OCC)CC1.I. The number of nitrogens with zero attached hydrogens (tertiary/aromatic N) is 2. The number of carbonyl (C=O) groups excluding carboxylic acids is 1. The van der Waals surface area contributed by atoms with Crippen LogP contribution in [-0.2, 0) is 11.3 Å². The van der Waals surface area contributed by atoms with Crippen LogP contribution >= 0.6 is 24.0 Å². The van der Waals surface area contributed by atoms with Crippen LogP contribution in [0.5, 0.6) is 11.5 Å². The molecule has 2 aliphatic rings. The number of carbonyl (C=O) groups is 1. The average Bonchev–Trinajstić information content (AvgIpc) is 3.15. The molecule has 0 atom stereocenters. The van der Waals surface area contributed by atoms with Crippen molar-refractivity contribution in [3.05, 3.63) is 23.8 Å². The van der Waals surface area contributed by atoms with E-state index >= 15 is 0 Å². The zero-order valence-corrected chi connectivity index (χ0v) is 18.7. The number of hydrogen-bond donors (Lipinski definition) is 2. The molecular formula is C19H29IN4O4. The van der Waals surface area contributed by atoms with Crippen LogP contribution < -0.4 is 20.1 Å². The van der Waals surface area contributed by atoms with Crippen molar-refractivity contribution in [3.63, 3.8) is 0 Å². The summed E-state index contributed by atoms with van der Waals surface area (Å²) in [7, 11) is 0. The lowest BCUT2D eigenvalue weighted by Crippen LogP contribution is -2.49. The highest BCUT2D eigenvalue weighted by Gasteiger charge is 2.24. The molecule has 8 nitrogen and oxygen atoms in total. The molecule has 1 amide bonds. The van der Waals surface area contributed by atoms with Crippen LogP contribution in [-0.4, -0.2) is 56.0 Å². The van der Waals surface area contributed by atoms with Crippen molar-refractivity contribution in [1.29, 1.82) is 0 Å². The average molecular weight is 504 g/mol. The number of aliphatic imine (C=N–C) groups is 1. The predicted octanol–water partition coefficient (Wildman–Crippen LogP) is 2.71. The van der Waals surface area contributed by atoms with Crippen molar-refractivity contribution < 1.29 is 19.0 Å². The number of fused-ring (bicyclic) bond motifs is 1.